The molecule has 0 fully saturated rings. The Labute approximate surface area is 148 Å². The number of esters is 1. The number of nitrogens with zero attached hydrogens (tertiary/aromatic N) is 1. The molecular formula is C16H12Cl3NO3. The van der Waals surface area contributed by atoms with Crippen molar-refractivity contribution in [2.24, 2.45) is 5.16 Å². The summed E-state index contributed by atoms with van der Waals surface area (Å²) in [7, 11) is 0. The molecule has 0 aliphatic rings. The molecule has 0 unspecified atom stereocenters. The lowest BCUT2D eigenvalue weighted by molar-refractivity contribution is -0.132. The Hall–Kier alpha value is -1.75. The van der Waals surface area contributed by atoms with E-state index in [1.54, 1.807) is 42.5 Å². The fourth-order valence-corrected chi connectivity index (χ4v) is 2.24. The van der Waals surface area contributed by atoms with Crippen LogP contribution in [0.1, 0.15) is 12.0 Å². The van der Waals surface area contributed by atoms with Crippen LogP contribution in [-0.4, -0.2) is 12.2 Å². The van der Waals surface area contributed by atoms with Gasteiger partial charge in [0.05, 0.1) is 12.6 Å². The zero-order valence-corrected chi connectivity index (χ0v) is 14.1. The Morgan fingerprint density at radius 2 is 1.70 bits per heavy atom. The van der Waals surface area contributed by atoms with E-state index in [2.05, 4.69) is 5.16 Å². The van der Waals surface area contributed by atoms with Crippen molar-refractivity contribution in [3.05, 3.63) is 63.1 Å². The van der Waals surface area contributed by atoms with Crippen molar-refractivity contribution in [2.45, 2.75) is 13.0 Å². The Morgan fingerprint density at radius 1 is 1.04 bits per heavy atom. The lowest BCUT2D eigenvalue weighted by atomic mass is 10.2. The van der Waals surface area contributed by atoms with E-state index in [-0.39, 0.29) is 13.0 Å². The Kier molecular flexibility index (Phi) is 6.71. The molecule has 0 spiro atoms. The molecule has 0 heterocycles. The highest BCUT2D eigenvalue weighted by atomic mass is 35.5. The zero-order valence-electron chi connectivity index (χ0n) is 11.8. The summed E-state index contributed by atoms with van der Waals surface area (Å²) in [6.45, 7) is 0.112. The number of benzene rings is 2. The van der Waals surface area contributed by atoms with E-state index in [0.29, 0.717) is 26.4 Å². The molecule has 7 heteroatoms. The van der Waals surface area contributed by atoms with Gasteiger partial charge in [0, 0.05) is 20.6 Å². The van der Waals surface area contributed by atoms with E-state index in [4.69, 9.17) is 44.4 Å². The molecule has 0 saturated carbocycles. The first-order valence-electron chi connectivity index (χ1n) is 6.59. The van der Waals surface area contributed by atoms with Crippen LogP contribution in [0.15, 0.2) is 47.6 Å². The number of rotatable bonds is 6. The van der Waals surface area contributed by atoms with E-state index in [9.17, 15) is 4.79 Å². The van der Waals surface area contributed by atoms with Gasteiger partial charge in [-0.05, 0) is 36.4 Å². The second kappa shape index (κ2) is 8.77. The third-order valence-electron chi connectivity index (χ3n) is 2.72. The van der Waals surface area contributed by atoms with Gasteiger partial charge in [0.15, 0.2) is 0 Å². The molecule has 0 aliphatic heterocycles. The third kappa shape index (κ3) is 5.75. The van der Waals surface area contributed by atoms with Crippen LogP contribution in [0.2, 0.25) is 15.1 Å². The predicted octanol–water partition coefficient (Wildman–Crippen LogP) is 5.14. The summed E-state index contributed by atoms with van der Waals surface area (Å²) >= 11 is 17.7. The summed E-state index contributed by atoms with van der Waals surface area (Å²) in [6, 6.07) is 11.6. The maximum Gasteiger partial charge on any atom is 0.316 e. The minimum absolute atomic E-state index is 0.0289. The summed E-state index contributed by atoms with van der Waals surface area (Å²) in [5.74, 6) is -0.0491. The summed E-state index contributed by atoms with van der Waals surface area (Å²) in [5.41, 5.74) is 0.636. The second-order valence-electron chi connectivity index (χ2n) is 4.39. The smallest absolute Gasteiger partial charge is 0.316 e. The van der Waals surface area contributed by atoms with Crippen LogP contribution in [0.3, 0.4) is 0 Å². The lowest BCUT2D eigenvalue weighted by Gasteiger charge is -2.05. The Morgan fingerprint density at radius 3 is 2.35 bits per heavy atom. The van der Waals surface area contributed by atoms with E-state index < -0.39 is 5.97 Å². The molecule has 0 N–H and O–H groups in total. The van der Waals surface area contributed by atoms with Gasteiger partial charge in [0.2, 0.25) is 0 Å². The van der Waals surface area contributed by atoms with E-state index >= 15 is 0 Å². The molecule has 0 aromatic heterocycles. The average molecular weight is 373 g/mol. The van der Waals surface area contributed by atoms with Crippen LogP contribution in [0.4, 0.5) is 0 Å². The molecule has 23 heavy (non-hydrogen) atoms. The van der Waals surface area contributed by atoms with Gasteiger partial charge >= 0.3 is 5.97 Å². The zero-order chi connectivity index (χ0) is 16.7. The molecule has 2 aromatic rings. The topological polar surface area (TPSA) is 47.9 Å². The van der Waals surface area contributed by atoms with Crippen molar-refractivity contribution in [1.82, 2.24) is 0 Å². The molecule has 4 nitrogen and oxygen atoms in total. The predicted molar refractivity (Wildman–Crippen MR) is 91.4 cm³/mol. The molecule has 120 valence electrons. The van der Waals surface area contributed by atoms with Gasteiger partial charge < -0.3 is 9.57 Å². The van der Waals surface area contributed by atoms with E-state index in [1.807, 2.05) is 0 Å². The number of ether oxygens (including phenoxy) is 1. The normalized spacial score (nSPS) is 10.7. The molecule has 0 bridgehead atoms. The van der Waals surface area contributed by atoms with Gasteiger partial charge in [-0.2, -0.15) is 0 Å². The standard InChI is InChI=1S/C16H12Cl3NO3/c17-11-4-6-12(7-5-11)23-16(21)8-9-20-22-10-13-14(18)2-1-3-15(13)19/h1-7,9H,8,10H2. The molecule has 2 aromatic carbocycles. The lowest BCUT2D eigenvalue weighted by Crippen LogP contribution is -2.08. The van der Waals surface area contributed by atoms with Crippen LogP contribution >= 0.6 is 34.8 Å². The van der Waals surface area contributed by atoms with Crippen molar-refractivity contribution < 1.29 is 14.4 Å². The number of halogens is 3. The molecule has 2 rings (SSSR count). The minimum atomic E-state index is -0.463. The van der Waals surface area contributed by atoms with Gasteiger partial charge in [0.25, 0.3) is 0 Å². The molecule has 0 aliphatic carbocycles. The molecular weight excluding hydrogens is 361 g/mol. The largest absolute Gasteiger partial charge is 0.426 e. The number of hydrogen-bond acceptors (Lipinski definition) is 4. The van der Waals surface area contributed by atoms with Crippen LogP contribution in [0, 0.1) is 0 Å². The van der Waals surface area contributed by atoms with Gasteiger partial charge in [-0.1, -0.05) is 46.0 Å². The van der Waals surface area contributed by atoms with Crippen molar-refractivity contribution in [2.75, 3.05) is 0 Å². The summed E-state index contributed by atoms with van der Waals surface area (Å²) in [6.07, 6.45) is 1.28. The highest BCUT2D eigenvalue weighted by Crippen LogP contribution is 2.24. The van der Waals surface area contributed by atoms with Gasteiger partial charge in [-0.25, -0.2) is 0 Å². The first kappa shape index (κ1) is 17.6. The maximum atomic E-state index is 11.6. The second-order valence-corrected chi connectivity index (χ2v) is 5.64. The fraction of sp³-hybridized carbons (Fsp3) is 0.125. The average Bonchev–Trinajstić information content (AvgIpc) is 2.52. The van der Waals surface area contributed by atoms with Crippen LogP contribution in [-0.2, 0) is 16.2 Å². The highest BCUT2D eigenvalue weighted by Gasteiger charge is 2.06. The minimum Gasteiger partial charge on any atom is -0.426 e. The SMILES string of the molecule is O=C(CC=NOCc1c(Cl)cccc1Cl)Oc1ccc(Cl)cc1. The van der Waals surface area contributed by atoms with Gasteiger partial charge in [-0.3, -0.25) is 4.79 Å². The summed E-state index contributed by atoms with van der Waals surface area (Å²) < 4.78 is 5.09. The molecule has 0 saturated heterocycles. The van der Waals surface area contributed by atoms with Gasteiger partial charge in [-0.15, -0.1) is 0 Å². The van der Waals surface area contributed by atoms with Crippen molar-refractivity contribution in [3.8, 4) is 5.75 Å². The summed E-state index contributed by atoms with van der Waals surface area (Å²) in [4.78, 5) is 16.7. The molecule has 0 amide bonds. The Balaban J connectivity index is 1.76. The quantitative estimate of drug-likeness (QED) is 0.305. The number of oxime groups is 1. The van der Waals surface area contributed by atoms with Crippen LogP contribution in [0.25, 0.3) is 0 Å². The third-order valence-corrected chi connectivity index (χ3v) is 3.68. The maximum absolute atomic E-state index is 11.6. The fourth-order valence-electron chi connectivity index (χ4n) is 1.61. The number of hydrogen-bond donors (Lipinski definition) is 0. The van der Waals surface area contributed by atoms with Gasteiger partial charge in [0.1, 0.15) is 12.4 Å². The van der Waals surface area contributed by atoms with Crippen LogP contribution in [0.5, 0.6) is 5.75 Å². The van der Waals surface area contributed by atoms with E-state index in [0.717, 1.165) is 0 Å². The van der Waals surface area contributed by atoms with Crippen molar-refractivity contribution in [1.29, 1.82) is 0 Å². The van der Waals surface area contributed by atoms with Crippen molar-refractivity contribution >= 4 is 47.0 Å². The monoisotopic (exact) mass is 371 g/mol. The molecule has 0 atom stereocenters. The molecule has 0 radical (unpaired) electrons. The summed E-state index contributed by atoms with van der Waals surface area (Å²) in [5, 5.41) is 5.24. The first-order chi connectivity index (χ1) is 11.1. The van der Waals surface area contributed by atoms with E-state index in [1.165, 1.54) is 6.21 Å². The van der Waals surface area contributed by atoms with Crippen molar-refractivity contribution in [3.63, 3.8) is 0 Å². The Bertz CT molecular complexity index is 682. The first-order valence-corrected chi connectivity index (χ1v) is 7.72. The number of carbonyl (C=O) groups excluding carboxylic acids is 1. The van der Waals surface area contributed by atoms with Crippen LogP contribution < -0.4 is 4.74 Å². The highest BCUT2D eigenvalue weighted by molar-refractivity contribution is 6.35. The number of carbonyl (C=O) groups is 1.